The number of hydrogen-bond acceptors (Lipinski definition) is 12. The second-order valence-corrected chi connectivity index (χ2v) is 24.8. The highest BCUT2D eigenvalue weighted by molar-refractivity contribution is 7.89. The van der Waals surface area contributed by atoms with E-state index in [0.29, 0.717) is 82.0 Å². The number of hydrogen-bond donors (Lipinski definition) is 4. The highest BCUT2D eigenvalue weighted by atomic mass is 35.5. The number of halogens is 4. The van der Waals surface area contributed by atoms with Gasteiger partial charge in [-0.3, -0.25) is 0 Å². The van der Waals surface area contributed by atoms with Crippen molar-refractivity contribution >= 4 is 78.5 Å². The second kappa shape index (κ2) is 26.9. The quantitative estimate of drug-likeness (QED) is 0.0519. The smallest absolute Gasteiger partial charge is 0.314 e. The molecule has 4 heterocycles. The van der Waals surface area contributed by atoms with E-state index in [1.807, 2.05) is 50.5 Å². The van der Waals surface area contributed by atoms with Crippen molar-refractivity contribution in [3.05, 3.63) is 125 Å². The maximum Gasteiger partial charge on any atom is 0.314 e. The monoisotopic (exact) mass is 1170 g/mol. The average molecular weight is 1170 g/mol. The lowest BCUT2D eigenvalue weighted by Crippen LogP contribution is -2.39. The Hall–Kier alpha value is -3.84. The van der Waals surface area contributed by atoms with Crippen LogP contribution in [-0.4, -0.2) is 167 Å². The number of unbranched alkanes of at least 4 members (excludes halogenated alkanes) is 1. The number of amides is 4. The van der Waals surface area contributed by atoms with Gasteiger partial charge in [0, 0.05) is 110 Å². The van der Waals surface area contributed by atoms with Gasteiger partial charge in [0.25, 0.3) is 0 Å². The Kier molecular flexibility index (Phi) is 20.6. The zero-order chi connectivity index (χ0) is 54.0. The lowest BCUT2D eigenvalue weighted by atomic mass is 9.84. The van der Waals surface area contributed by atoms with Crippen LogP contribution < -0.4 is 21.3 Å². The molecule has 2 atom stereocenters. The fourth-order valence-electron chi connectivity index (χ4n) is 10.1. The molecule has 0 radical (unpaired) electrons. The van der Waals surface area contributed by atoms with Gasteiger partial charge in [-0.2, -0.15) is 8.61 Å². The van der Waals surface area contributed by atoms with E-state index in [0.717, 1.165) is 57.6 Å². The fraction of sp³-hybridized carbons (Fsp3) is 0.500. The minimum Gasteiger partial charge on any atom is -0.378 e. The maximum atomic E-state index is 13.3. The fourth-order valence-corrected chi connectivity index (χ4v) is 14.4. The van der Waals surface area contributed by atoms with Gasteiger partial charge >= 0.3 is 12.1 Å². The first kappa shape index (κ1) is 58.3. The number of sulfonamides is 2. The van der Waals surface area contributed by atoms with Gasteiger partial charge in [-0.25, -0.2) is 26.4 Å². The standard InChI is InChI=1S/C52H66Cl4N8O10S2/c1-61-31-43(41-25-39(53)27-47(55)45(41)33-61)35-5-7-49-37(23-35)29-63(75(49,67)68)13-17-73-21-19-71-15-11-59-51(65)57-9-3-4-10-58-52(66)60-12-16-72-20-22-74-18-14-64-30-38-24-36(6-8-50(38)76(64,69)70)44-32-62(2)34-46-42(44)26-40(54)28-48(46)56/h5-8,23-28,43-44H,3-4,9-22,29-34H2,1-2H3,(H2,57,59,65)(H2,58,60,66). The molecule has 4 aliphatic rings. The van der Waals surface area contributed by atoms with E-state index in [9.17, 15) is 26.4 Å². The molecule has 4 aromatic carbocycles. The lowest BCUT2D eigenvalue weighted by molar-refractivity contribution is 0.0459. The van der Waals surface area contributed by atoms with Crippen molar-refractivity contribution in [2.24, 2.45) is 0 Å². The number of likely N-dealkylation sites (N-methyl/N-ethyl adjacent to an activating group) is 2. The molecule has 2 unspecified atom stereocenters. The van der Waals surface area contributed by atoms with Crippen LogP contribution in [0.5, 0.6) is 0 Å². The molecule has 8 rings (SSSR count). The van der Waals surface area contributed by atoms with Crippen LogP contribution in [0.15, 0.2) is 70.5 Å². The number of rotatable bonds is 25. The Balaban J connectivity index is 0.594. The molecule has 4 aromatic rings. The topological polar surface area (TPSA) is 200 Å². The van der Waals surface area contributed by atoms with Gasteiger partial charge in [0.1, 0.15) is 0 Å². The molecule has 76 heavy (non-hydrogen) atoms. The van der Waals surface area contributed by atoms with Crippen LogP contribution in [0.1, 0.15) is 69.2 Å². The minimum absolute atomic E-state index is 0.00442. The molecule has 0 fully saturated rings. The number of carbonyl (C=O) groups is 2. The predicted molar refractivity (Wildman–Crippen MR) is 293 cm³/mol. The van der Waals surface area contributed by atoms with Gasteiger partial charge in [-0.15, -0.1) is 0 Å². The van der Waals surface area contributed by atoms with Crippen molar-refractivity contribution in [1.29, 1.82) is 0 Å². The lowest BCUT2D eigenvalue weighted by Gasteiger charge is -2.33. The minimum atomic E-state index is -3.65. The molecule has 4 aliphatic heterocycles. The van der Waals surface area contributed by atoms with Crippen LogP contribution >= 0.6 is 46.4 Å². The van der Waals surface area contributed by atoms with Crippen molar-refractivity contribution in [1.82, 2.24) is 39.7 Å². The van der Waals surface area contributed by atoms with E-state index in [1.165, 1.54) is 8.61 Å². The number of ether oxygens (including phenoxy) is 4. The Morgan fingerprint density at radius 1 is 0.513 bits per heavy atom. The van der Waals surface area contributed by atoms with Crippen LogP contribution in [0.4, 0.5) is 9.59 Å². The van der Waals surface area contributed by atoms with Crippen LogP contribution in [0.2, 0.25) is 20.1 Å². The number of nitrogens with zero attached hydrogens (tertiary/aromatic N) is 4. The summed E-state index contributed by atoms with van der Waals surface area (Å²) in [7, 11) is -3.22. The summed E-state index contributed by atoms with van der Waals surface area (Å²) in [5.41, 5.74) is 7.75. The number of urea groups is 2. The third-order valence-corrected chi connectivity index (χ3v) is 18.8. The SMILES string of the molecule is CN1Cc2c(Cl)cc(Cl)cc2C(c2ccc3c(c2)CN(CCOCCOCCNC(=O)NCCCCNC(=O)NCCOCCOCCN2Cc4cc(C5CN(C)Cc6c(Cl)cc(Cl)cc65)ccc4S2(=O)=O)S3(=O)=O)C1. The zero-order valence-electron chi connectivity index (χ0n) is 42.7. The molecule has 0 saturated carbocycles. The molecule has 18 nitrogen and oxygen atoms in total. The molecule has 0 saturated heterocycles. The first-order chi connectivity index (χ1) is 36.5. The molecule has 0 aliphatic carbocycles. The summed E-state index contributed by atoms with van der Waals surface area (Å²) in [5, 5.41) is 13.4. The summed E-state index contributed by atoms with van der Waals surface area (Å²) in [5.74, 6) is 0.00884. The Bertz CT molecular complexity index is 2750. The summed E-state index contributed by atoms with van der Waals surface area (Å²) < 4.78 is 78.7. The molecule has 0 bridgehead atoms. The van der Waals surface area contributed by atoms with Gasteiger partial charge in [0.15, 0.2) is 0 Å². The third kappa shape index (κ3) is 14.7. The van der Waals surface area contributed by atoms with Gasteiger partial charge in [-0.05, 0) is 108 Å². The first-order valence-corrected chi connectivity index (χ1v) is 29.8. The van der Waals surface area contributed by atoms with E-state index in [2.05, 4.69) is 31.1 Å². The van der Waals surface area contributed by atoms with Gasteiger partial charge in [0.05, 0.1) is 62.6 Å². The van der Waals surface area contributed by atoms with Crippen LogP contribution in [-0.2, 0) is 65.2 Å². The van der Waals surface area contributed by atoms with Crippen molar-refractivity contribution in [3.63, 3.8) is 0 Å². The molecule has 0 aromatic heterocycles. The van der Waals surface area contributed by atoms with Crippen LogP contribution in [0, 0.1) is 0 Å². The summed E-state index contributed by atoms with van der Waals surface area (Å²) in [6.07, 6.45) is 1.32. The van der Waals surface area contributed by atoms with Crippen LogP contribution in [0.3, 0.4) is 0 Å². The van der Waals surface area contributed by atoms with E-state index in [1.54, 1.807) is 24.3 Å². The number of benzene rings is 4. The number of nitrogens with one attached hydrogen (secondary N) is 4. The number of carbonyl (C=O) groups excluding carboxylic acids is 2. The van der Waals surface area contributed by atoms with Crippen molar-refractivity contribution in [3.8, 4) is 0 Å². The van der Waals surface area contributed by atoms with Gasteiger partial charge in [-0.1, -0.05) is 70.7 Å². The van der Waals surface area contributed by atoms with Crippen molar-refractivity contribution < 1.29 is 45.4 Å². The van der Waals surface area contributed by atoms with E-state index < -0.39 is 20.0 Å². The Morgan fingerprint density at radius 2 is 0.895 bits per heavy atom. The predicted octanol–water partition coefficient (Wildman–Crippen LogP) is 6.61. The van der Waals surface area contributed by atoms with Crippen molar-refractivity contribution in [2.45, 2.75) is 60.6 Å². The summed E-state index contributed by atoms with van der Waals surface area (Å²) in [6.45, 7) is 7.43. The van der Waals surface area contributed by atoms with E-state index in [4.69, 9.17) is 65.4 Å². The normalized spacial score (nSPS) is 18.9. The molecule has 4 amide bonds. The molecule has 414 valence electrons. The number of fused-ring (bicyclic) bond motifs is 4. The average Bonchev–Trinajstić information content (AvgIpc) is 3.90. The molecular formula is C52H66Cl4N8O10S2. The molecule has 4 N–H and O–H groups in total. The van der Waals surface area contributed by atoms with Crippen LogP contribution in [0.25, 0.3) is 0 Å². The van der Waals surface area contributed by atoms with Crippen molar-refractivity contribution in [2.75, 3.05) is 119 Å². The maximum absolute atomic E-state index is 13.3. The highest BCUT2D eigenvalue weighted by Crippen LogP contribution is 2.42. The molecule has 24 heteroatoms. The van der Waals surface area contributed by atoms with Gasteiger partial charge in [0.2, 0.25) is 20.0 Å². The second-order valence-electron chi connectivity index (χ2n) is 19.3. The first-order valence-electron chi connectivity index (χ1n) is 25.4. The zero-order valence-corrected chi connectivity index (χ0v) is 47.3. The highest BCUT2D eigenvalue weighted by Gasteiger charge is 2.38. The summed E-state index contributed by atoms with van der Waals surface area (Å²) in [4.78, 5) is 29.4. The Labute approximate surface area is 466 Å². The summed E-state index contributed by atoms with van der Waals surface area (Å²) >= 11 is 25.9. The summed E-state index contributed by atoms with van der Waals surface area (Å²) in [6, 6.07) is 17.9. The van der Waals surface area contributed by atoms with E-state index >= 15 is 0 Å². The molecule has 0 spiro atoms. The largest absolute Gasteiger partial charge is 0.378 e. The van der Waals surface area contributed by atoms with E-state index in [-0.39, 0.29) is 103 Å². The molecular weight excluding hydrogens is 1100 g/mol. The van der Waals surface area contributed by atoms with Gasteiger partial charge < -0.3 is 50.0 Å². The third-order valence-electron chi connectivity index (χ3n) is 13.8. The Morgan fingerprint density at radius 3 is 1.30 bits per heavy atom.